The first kappa shape index (κ1) is 18.8. The second kappa shape index (κ2) is 8.67. The normalized spacial score (nSPS) is 13.4. The van der Waals surface area contributed by atoms with E-state index in [9.17, 15) is 0 Å². The van der Waals surface area contributed by atoms with Crippen LogP contribution in [0.1, 0.15) is 65.4 Å². The molecule has 0 bridgehead atoms. The lowest BCUT2D eigenvalue weighted by atomic mass is 9.87. The van der Waals surface area contributed by atoms with E-state index < -0.39 is 0 Å². The van der Waals surface area contributed by atoms with Crippen molar-refractivity contribution >= 4 is 10.8 Å². The highest BCUT2D eigenvalue weighted by atomic mass is 14.9. The smallest absolute Gasteiger partial charge is 0.200 e. The number of hydrogen-bond donors (Lipinski definition) is 0. The molecular formula is C30H34N+. The lowest BCUT2D eigenvalue weighted by molar-refractivity contribution is -0.659. The van der Waals surface area contributed by atoms with Gasteiger partial charge in [0.15, 0.2) is 6.17 Å². The van der Waals surface area contributed by atoms with Crippen molar-refractivity contribution in [3.63, 3.8) is 0 Å². The quantitative estimate of drug-likeness (QED) is 0.294. The molecule has 0 aliphatic heterocycles. The number of aromatic nitrogens is 1. The van der Waals surface area contributed by atoms with Crippen LogP contribution in [0.3, 0.4) is 0 Å². The summed E-state index contributed by atoms with van der Waals surface area (Å²) in [6.45, 7) is 11.1. The number of hydrogen-bond acceptors (Lipinski definition) is 0. The van der Waals surface area contributed by atoms with E-state index in [0.717, 1.165) is 28.5 Å². The minimum atomic E-state index is 0.245. The number of benzene rings is 3. The molecule has 0 saturated heterocycles. The summed E-state index contributed by atoms with van der Waals surface area (Å²) in [6.07, 6.45) is 1.30. The van der Waals surface area contributed by atoms with Crippen LogP contribution >= 0.6 is 0 Å². The molecule has 1 unspecified atom stereocenters. The highest BCUT2D eigenvalue weighted by Gasteiger charge is 2.21. The number of pyridine rings is 1. The van der Waals surface area contributed by atoms with E-state index in [0.29, 0.717) is 17.9 Å². The monoisotopic (exact) mass is 410 g/mol. The zero-order valence-corrected chi connectivity index (χ0v) is 19.6. The van der Waals surface area contributed by atoms with Gasteiger partial charge in [0.2, 0.25) is 5.69 Å². The second-order valence-electron chi connectivity index (χ2n) is 9.02. The van der Waals surface area contributed by atoms with E-state index in [1.54, 1.807) is 0 Å². The van der Waals surface area contributed by atoms with Gasteiger partial charge in [-0.1, -0.05) is 76.2 Å². The second-order valence-corrected chi connectivity index (χ2v) is 9.02. The largest absolute Gasteiger partial charge is 0.220 e. The molecular weight excluding hydrogens is 374 g/mol. The van der Waals surface area contributed by atoms with Gasteiger partial charge in [-0.05, 0) is 70.5 Å². The first-order valence-electron chi connectivity index (χ1n) is 12.4. The molecule has 0 N–H and O–H groups in total. The van der Waals surface area contributed by atoms with Crippen molar-refractivity contribution in [1.29, 1.82) is 0 Å². The van der Waals surface area contributed by atoms with Crippen molar-refractivity contribution in [3.8, 4) is 22.4 Å². The maximum absolute atomic E-state index is 8.74. The van der Waals surface area contributed by atoms with Crippen LogP contribution < -0.4 is 4.57 Å². The van der Waals surface area contributed by atoms with Crippen LogP contribution in [-0.4, -0.2) is 0 Å². The van der Waals surface area contributed by atoms with Crippen LogP contribution in [0.5, 0.6) is 0 Å². The average Bonchev–Trinajstić information content (AvgIpc) is 2.83. The van der Waals surface area contributed by atoms with Crippen LogP contribution in [0.15, 0.2) is 72.9 Å². The summed E-state index contributed by atoms with van der Waals surface area (Å²) in [5.74, 6) is 0.808. The standard InChI is InChI=1S/C30H34N/c1-7-21(4)24-13-14-27-25(17-24)15-16-31(6)30(27)29-19-26(23-11-9-8-10-12-23)18-28(20(2)3)22(29)5/h8-21H,7H2,1-6H3/q+1/i15D,16D. The van der Waals surface area contributed by atoms with E-state index in [4.69, 9.17) is 2.74 Å². The number of fused-ring (bicyclic) bond motifs is 1. The average molecular weight is 411 g/mol. The van der Waals surface area contributed by atoms with Gasteiger partial charge in [0, 0.05) is 6.04 Å². The molecule has 1 nitrogen and oxygen atoms in total. The molecule has 0 amide bonds. The summed E-state index contributed by atoms with van der Waals surface area (Å²) >= 11 is 0. The Morgan fingerprint density at radius 2 is 1.68 bits per heavy atom. The summed E-state index contributed by atoms with van der Waals surface area (Å²) in [6, 6.07) is 21.9. The fourth-order valence-corrected chi connectivity index (χ4v) is 4.50. The molecule has 4 aromatic rings. The first-order valence-corrected chi connectivity index (χ1v) is 11.4. The van der Waals surface area contributed by atoms with Gasteiger partial charge in [-0.15, -0.1) is 0 Å². The SMILES string of the molecule is [2H]c1c([2H])[n+](C)c(-c2cc(-c3ccccc3)cc(C(C)C)c2C)c2ccc(C(C)CC)cc12. The zero-order valence-electron chi connectivity index (χ0n) is 21.6. The molecule has 0 fully saturated rings. The van der Waals surface area contributed by atoms with Crippen molar-refractivity contribution in [2.75, 3.05) is 0 Å². The Labute approximate surface area is 190 Å². The summed E-state index contributed by atoms with van der Waals surface area (Å²) < 4.78 is 19.3. The van der Waals surface area contributed by atoms with Crippen molar-refractivity contribution in [2.45, 2.75) is 52.9 Å². The van der Waals surface area contributed by atoms with Gasteiger partial charge >= 0.3 is 0 Å². The Kier molecular flexibility index (Phi) is 5.26. The maximum Gasteiger partial charge on any atom is 0.220 e. The molecule has 1 aromatic heterocycles. The molecule has 0 spiro atoms. The van der Waals surface area contributed by atoms with E-state index in [1.165, 1.54) is 27.8 Å². The molecule has 0 saturated carbocycles. The summed E-state index contributed by atoms with van der Waals surface area (Å²) in [5, 5.41) is 1.90. The Hall–Kier alpha value is -2.93. The van der Waals surface area contributed by atoms with Crippen molar-refractivity contribution < 1.29 is 7.31 Å². The Morgan fingerprint density at radius 3 is 2.35 bits per heavy atom. The topological polar surface area (TPSA) is 3.88 Å². The van der Waals surface area contributed by atoms with E-state index >= 15 is 0 Å². The van der Waals surface area contributed by atoms with Crippen LogP contribution in [-0.2, 0) is 7.05 Å². The summed E-state index contributed by atoms with van der Waals surface area (Å²) in [4.78, 5) is 0. The lowest BCUT2D eigenvalue weighted by Gasteiger charge is -2.18. The molecule has 1 heteroatoms. The molecule has 31 heavy (non-hydrogen) atoms. The van der Waals surface area contributed by atoms with Crippen LogP contribution in [0.4, 0.5) is 0 Å². The number of rotatable bonds is 5. The van der Waals surface area contributed by atoms with Gasteiger partial charge in [0.05, 0.1) is 12.3 Å². The Balaban J connectivity index is 2.09. The highest BCUT2D eigenvalue weighted by Crippen LogP contribution is 2.37. The van der Waals surface area contributed by atoms with Crippen molar-refractivity contribution in [1.82, 2.24) is 0 Å². The molecule has 0 aliphatic carbocycles. The fourth-order valence-electron chi connectivity index (χ4n) is 4.50. The highest BCUT2D eigenvalue weighted by molar-refractivity contribution is 5.95. The summed E-state index contributed by atoms with van der Waals surface area (Å²) in [5.41, 5.74) is 8.31. The zero-order chi connectivity index (χ0) is 23.9. The van der Waals surface area contributed by atoms with Gasteiger partial charge in [0.1, 0.15) is 8.42 Å². The predicted molar refractivity (Wildman–Crippen MR) is 134 cm³/mol. The van der Waals surface area contributed by atoms with Crippen LogP contribution in [0.25, 0.3) is 33.2 Å². The molecule has 158 valence electrons. The third kappa shape index (κ3) is 4.02. The Morgan fingerprint density at radius 1 is 0.935 bits per heavy atom. The van der Waals surface area contributed by atoms with Gasteiger partial charge < -0.3 is 0 Å². The van der Waals surface area contributed by atoms with E-state index in [-0.39, 0.29) is 6.17 Å². The third-order valence-electron chi connectivity index (χ3n) is 6.61. The third-order valence-corrected chi connectivity index (χ3v) is 6.61. The maximum atomic E-state index is 8.74. The van der Waals surface area contributed by atoms with Crippen molar-refractivity contribution in [3.05, 3.63) is 89.6 Å². The van der Waals surface area contributed by atoms with Crippen LogP contribution in [0.2, 0.25) is 0 Å². The van der Waals surface area contributed by atoms with E-state index in [1.807, 2.05) is 17.7 Å². The van der Waals surface area contributed by atoms with E-state index in [2.05, 4.69) is 89.2 Å². The first-order chi connectivity index (χ1) is 15.7. The fraction of sp³-hybridized carbons (Fsp3) is 0.300. The molecule has 1 heterocycles. The minimum absolute atomic E-state index is 0.245. The van der Waals surface area contributed by atoms with Gasteiger partial charge in [-0.3, -0.25) is 0 Å². The van der Waals surface area contributed by atoms with Gasteiger partial charge in [-0.25, -0.2) is 4.57 Å². The summed E-state index contributed by atoms with van der Waals surface area (Å²) in [7, 11) is 1.92. The molecule has 4 rings (SSSR count). The predicted octanol–water partition coefficient (Wildman–Crippen LogP) is 7.94. The molecule has 0 radical (unpaired) electrons. The molecule has 0 aliphatic rings. The number of nitrogens with zero attached hydrogens (tertiary/aromatic N) is 1. The van der Waals surface area contributed by atoms with Gasteiger partial charge in [0.25, 0.3) is 0 Å². The molecule has 1 atom stereocenters. The minimum Gasteiger partial charge on any atom is -0.200 e. The van der Waals surface area contributed by atoms with Crippen molar-refractivity contribution in [2.24, 2.45) is 7.05 Å². The van der Waals surface area contributed by atoms with Gasteiger partial charge in [-0.2, -0.15) is 0 Å². The lowest BCUT2D eigenvalue weighted by Crippen LogP contribution is -2.31. The molecule has 3 aromatic carbocycles. The van der Waals surface area contributed by atoms with Crippen LogP contribution in [0, 0.1) is 6.92 Å². The Bertz CT molecular complexity index is 1320.